The highest BCUT2D eigenvalue weighted by molar-refractivity contribution is 6.21. The number of amides is 2. The van der Waals surface area contributed by atoms with Crippen molar-refractivity contribution in [2.45, 2.75) is 13.1 Å². The number of aromatic nitrogens is 2. The number of carbonyl (C=O) groups is 2. The molecular weight excluding hydrogens is 392 g/mol. The molecule has 0 atom stereocenters. The van der Waals surface area contributed by atoms with Crippen LogP contribution in [0.4, 0.5) is 0 Å². The maximum atomic E-state index is 12.5. The van der Waals surface area contributed by atoms with Gasteiger partial charge in [0.15, 0.2) is 5.96 Å². The molecule has 4 rings (SSSR count). The third-order valence-electron chi connectivity index (χ3n) is 5.19. The smallest absolute Gasteiger partial charge is 0.261 e. The number of hydrogen-bond donors (Lipinski definition) is 2. The molecule has 0 saturated heterocycles. The highest BCUT2D eigenvalue weighted by Gasteiger charge is 2.34. The van der Waals surface area contributed by atoms with Gasteiger partial charge in [-0.2, -0.15) is 5.10 Å². The van der Waals surface area contributed by atoms with Gasteiger partial charge in [-0.15, -0.1) is 0 Å². The van der Waals surface area contributed by atoms with E-state index in [2.05, 4.69) is 32.9 Å². The first-order valence-electron chi connectivity index (χ1n) is 10.1. The predicted molar refractivity (Wildman–Crippen MR) is 118 cm³/mol. The topological polar surface area (TPSA) is 91.6 Å². The normalized spacial score (nSPS) is 13.5. The third-order valence-corrected chi connectivity index (χ3v) is 5.19. The molecule has 2 N–H and O–H groups in total. The fourth-order valence-electron chi connectivity index (χ4n) is 3.58. The Hall–Kier alpha value is -3.94. The van der Waals surface area contributed by atoms with Gasteiger partial charge in [0, 0.05) is 39.1 Å². The van der Waals surface area contributed by atoms with Crippen LogP contribution in [0.2, 0.25) is 0 Å². The van der Waals surface area contributed by atoms with Crippen molar-refractivity contribution in [3.63, 3.8) is 0 Å². The lowest BCUT2D eigenvalue weighted by Crippen LogP contribution is -2.42. The molecule has 158 valence electrons. The molecule has 2 aromatic carbocycles. The number of fused-ring (bicyclic) bond motifs is 1. The lowest BCUT2D eigenvalue weighted by atomic mass is 10.1. The van der Waals surface area contributed by atoms with Gasteiger partial charge in [-0.3, -0.25) is 24.2 Å². The monoisotopic (exact) mass is 416 g/mol. The Morgan fingerprint density at radius 3 is 2.26 bits per heavy atom. The molecule has 1 aromatic heterocycles. The first kappa shape index (κ1) is 20.3. The summed E-state index contributed by atoms with van der Waals surface area (Å²) in [4.78, 5) is 30.4. The molecule has 0 unspecified atom stereocenters. The average Bonchev–Trinajstić information content (AvgIpc) is 3.39. The van der Waals surface area contributed by atoms with Crippen molar-refractivity contribution in [1.82, 2.24) is 25.3 Å². The maximum Gasteiger partial charge on any atom is 0.261 e. The summed E-state index contributed by atoms with van der Waals surface area (Å²) in [5.74, 6) is 0.0984. The Balaban J connectivity index is 1.31. The van der Waals surface area contributed by atoms with E-state index in [4.69, 9.17) is 0 Å². The number of imide groups is 1. The van der Waals surface area contributed by atoms with Gasteiger partial charge in [0.25, 0.3) is 11.8 Å². The van der Waals surface area contributed by atoms with E-state index in [1.54, 1.807) is 37.5 Å². The molecule has 1 aliphatic rings. The molecule has 3 aromatic rings. The van der Waals surface area contributed by atoms with Crippen molar-refractivity contribution >= 4 is 17.8 Å². The number of aliphatic imine (C=N–C) groups is 1. The molecule has 0 bridgehead atoms. The summed E-state index contributed by atoms with van der Waals surface area (Å²) in [6.45, 7) is 1.95. The highest BCUT2D eigenvalue weighted by Crippen LogP contribution is 2.21. The van der Waals surface area contributed by atoms with Crippen LogP contribution in [-0.2, 0) is 13.1 Å². The summed E-state index contributed by atoms with van der Waals surface area (Å²) < 4.78 is 1.88. The summed E-state index contributed by atoms with van der Waals surface area (Å²) in [5, 5.41) is 10.7. The summed E-state index contributed by atoms with van der Waals surface area (Å²) in [5.41, 5.74) is 3.23. The van der Waals surface area contributed by atoms with Crippen molar-refractivity contribution in [2.75, 3.05) is 20.1 Å². The second kappa shape index (κ2) is 9.25. The van der Waals surface area contributed by atoms with Crippen LogP contribution in [0.5, 0.6) is 0 Å². The second-order valence-corrected chi connectivity index (χ2v) is 7.13. The number of rotatable bonds is 7. The van der Waals surface area contributed by atoms with Crippen molar-refractivity contribution in [2.24, 2.45) is 4.99 Å². The first-order chi connectivity index (χ1) is 15.2. The van der Waals surface area contributed by atoms with Gasteiger partial charge in [-0.25, -0.2) is 0 Å². The number of nitrogens with zero attached hydrogens (tertiary/aromatic N) is 4. The van der Waals surface area contributed by atoms with Gasteiger partial charge in [0.1, 0.15) is 0 Å². The molecule has 1 aliphatic heterocycles. The number of carbonyl (C=O) groups excluding carboxylic acids is 2. The fraction of sp³-hybridized carbons (Fsp3) is 0.217. The van der Waals surface area contributed by atoms with Gasteiger partial charge >= 0.3 is 0 Å². The Morgan fingerprint density at radius 2 is 1.61 bits per heavy atom. The van der Waals surface area contributed by atoms with E-state index in [0.717, 1.165) is 5.56 Å². The van der Waals surface area contributed by atoms with E-state index in [9.17, 15) is 9.59 Å². The van der Waals surface area contributed by atoms with E-state index in [-0.39, 0.29) is 18.4 Å². The molecule has 0 aliphatic carbocycles. The minimum atomic E-state index is -0.252. The van der Waals surface area contributed by atoms with Gasteiger partial charge in [-0.1, -0.05) is 36.4 Å². The maximum absolute atomic E-state index is 12.5. The molecule has 0 saturated carbocycles. The van der Waals surface area contributed by atoms with Crippen LogP contribution in [-0.4, -0.2) is 52.6 Å². The Morgan fingerprint density at radius 1 is 0.935 bits per heavy atom. The van der Waals surface area contributed by atoms with Gasteiger partial charge in [0.2, 0.25) is 0 Å². The lowest BCUT2D eigenvalue weighted by Gasteiger charge is -2.17. The number of benzene rings is 2. The highest BCUT2D eigenvalue weighted by atomic mass is 16.2. The van der Waals surface area contributed by atoms with Gasteiger partial charge in [0.05, 0.1) is 17.7 Å². The minimum absolute atomic E-state index is 0.252. The molecule has 0 radical (unpaired) electrons. The van der Waals surface area contributed by atoms with E-state index in [1.165, 1.54) is 10.5 Å². The summed E-state index contributed by atoms with van der Waals surface area (Å²) in [6.07, 6.45) is 3.70. The predicted octanol–water partition coefficient (Wildman–Crippen LogP) is 1.89. The molecule has 8 heteroatoms. The van der Waals surface area contributed by atoms with E-state index in [0.29, 0.717) is 36.7 Å². The zero-order valence-corrected chi connectivity index (χ0v) is 17.3. The van der Waals surface area contributed by atoms with Gasteiger partial charge < -0.3 is 10.6 Å². The Kier molecular flexibility index (Phi) is 6.07. The standard InChI is InChI=1S/C23H24N6O2/c1-24-23(25-12-14-29-21(30)19-9-4-5-10-20(19)22(29)31)26-15-17-7-2-3-8-18(17)16-28-13-6-11-27-28/h2-11,13H,12,14-16H2,1H3,(H2,24,25,26). The van der Waals surface area contributed by atoms with E-state index >= 15 is 0 Å². The Bertz CT molecular complexity index is 1070. The van der Waals surface area contributed by atoms with E-state index in [1.807, 2.05) is 29.1 Å². The molecule has 0 fully saturated rings. The van der Waals surface area contributed by atoms with Crippen LogP contribution in [0, 0.1) is 0 Å². The summed E-state index contributed by atoms with van der Waals surface area (Å²) >= 11 is 0. The minimum Gasteiger partial charge on any atom is -0.355 e. The summed E-state index contributed by atoms with van der Waals surface area (Å²) in [6, 6.07) is 17.0. The molecular formula is C23H24N6O2. The Labute approximate surface area is 180 Å². The SMILES string of the molecule is CN=C(NCCN1C(=O)c2ccccc2C1=O)NCc1ccccc1Cn1cccn1. The third kappa shape index (κ3) is 4.48. The molecule has 8 nitrogen and oxygen atoms in total. The number of hydrogen-bond acceptors (Lipinski definition) is 4. The van der Waals surface area contributed by atoms with Crippen LogP contribution >= 0.6 is 0 Å². The first-order valence-corrected chi connectivity index (χ1v) is 10.1. The number of nitrogens with one attached hydrogen (secondary N) is 2. The fourth-order valence-corrected chi connectivity index (χ4v) is 3.58. The van der Waals surface area contributed by atoms with Crippen LogP contribution in [0.1, 0.15) is 31.8 Å². The largest absolute Gasteiger partial charge is 0.355 e. The van der Waals surface area contributed by atoms with Crippen molar-refractivity contribution in [3.8, 4) is 0 Å². The van der Waals surface area contributed by atoms with Crippen LogP contribution in [0.15, 0.2) is 72.0 Å². The van der Waals surface area contributed by atoms with E-state index < -0.39 is 0 Å². The molecule has 31 heavy (non-hydrogen) atoms. The number of guanidine groups is 1. The second-order valence-electron chi connectivity index (χ2n) is 7.13. The van der Waals surface area contributed by atoms with Crippen LogP contribution in [0.25, 0.3) is 0 Å². The van der Waals surface area contributed by atoms with Crippen molar-refractivity contribution in [3.05, 3.63) is 89.2 Å². The average molecular weight is 416 g/mol. The van der Waals surface area contributed by atoms with Gasteiger partial charge in [-0.05, 0) is 29.3 Å². The molecule has 2 amide bonds. The van der Waals surface area contributed by atoms with Crippen molar-refractivity contribution < 1.29 is 9.59 Å². The quantitative estimate of drug-likeness (QED) is 0.349. The molecule has 0 spiro atoms. The van der Waals surface area contributed by atoms with Crippen LogP contribution in [0.3, 0.4) is 0 Å². The molecule has 2 heterocycles. The lowest BCUT2D eigenvalue weighted by molar-refractivity contribution is 0.0657. The van der Waals surface area contributed by atoms with Crippen molar-refractivity contribution in [1.29, 1.82) is 0 Å². The van der Waals surface area contributed by atoms with Crippen LogP contribution < -0.4 is 10.6 Å². The zero-order valence-electron chi connectivity index (χ0n) is 17.3. The zero-order chi connectivity index (χ0) is 21.6. The summed E-state index contributed by atoms with van der Waals surface area (Å²) in [7, 11) is 1.69.